The summed E-state index contributed by atoms with van der Waals surface area (Å²) in [4.78, 5) is 16.2. The molecule has 12 nitrogen and oxygen atoms in total. The summed E-state index contributed by atoms with van der Waals surface area (Å²) in [7, 11) is -8.04. The minimum Gasteiger partial charge on any atom is -0.412 e. The molecule has 4 rings (SSSR count). The van der Waals surface area contributed by atoms with Crippen molar-refractivity contribution >= 4 is 26.1 Å². The largest absolute Gasteiger partial charge is 0.412 e. The van der Waals surface area contributed by atoms with E-state index in [4.69, 9.17) is 9.11 Å². The van der Waals surface area contributed by atoms with Gasteiger partial charge in [-0.1, -0.05) is 41.5 Å². The fourth-order valence-electron chi connectivity index (χ4n) is 4.46. The van der Waals surface area contributed by atoms with Crippen molar-refractivity contribution in [1.29, 1.82) is 0 Å². The van der Waals surface area contributed by atoms with Gasteiger partial charge in [0.2, 0.25) is 5.91 Å². The maximum atomic E-state index is 12.4. The van der Waals surface area contributed by atoms with Gasteiger partial charge < -0.3 is 16.1 Å². The number of amides is 1. The van der Waals surface area contributed by atoms with Gasteiger partial charge >= 0.3 is 0 Å². The van der Waals surface area contributed by atoms with Crippen LogP contribution in [-0.4, -0.2) is 66.5 Å². The SMILES string of the molecule is CC1(C)C=C(C(=O)NCCCNCc2ccncc2)C(C)(C)N1.Cc1ccc(S(=O)(=O)O)cc1.Cc1ccc(S(=O)(=O)O)cc1.O. The first kappa shape index (κ1) is 40.5. The first-order valence-electron chi connectivity index (χ1n) is 14.3. The van der Waals surface area contributed by atoms with Crippen LogP contribution < -0.4 is 16.0 Å². The molecule has 0 bridgehead atoms. The van der Waals surface area contributed by atoms with Crippen LogP contribution >= 0.6 is 0 Å². The van der Waals surface area contributed by atoms with Gasteiger partial charge in [-0.15, -0.1) is 0 Å². The molecule has 3 aromatic rings. The molecule has 1 aliphatic heterocycles. The number of pyridine rings is 1. The van der Waals surface area contributed by atoms with Crippen LogP contribution in [0.2, 0.25) is 0 Å². The van der Waals surface area contributed by atoms with Crippen molar-refractivity contribution in [3.8, 4) is 0 Å². The minimum absolute atomic E-state index is 0. The van der Waals surface area contributed by atoms with Gasteiger partial charge in [0.05, 0.1) is 9.79 Å². The number of carbonyl (C=O) groups excluding carboxylic acids is 1. The van der Waals surface area contributed by atoms with E-state index in [1.807, 2.05) is 45.9 Å². The number of benzene rings is 2. The Kier molecular flexibility index (Phi) is 15.4. The average molecular weight is 679 g/mol. The van der Waals surface area contributed by atoms with Crippen LogP contribution in [0.5, 0.6) is 0 Å². The lowest BCUT2D eigenvalue weighted by atomic mass is 9.96. The predicted molar refractivity (Wildman–Crippen MR) is 179 cm³/mol. The molecule has 254 valence electrons. The lowest BCUT2D eigenvalue weighted by Gasteiger charge is -2.27. The van der Waals surface area contributed by atoms with Gasteiger partial charge in [0.25, 0.3) is 20.2 Å². The molecule has 1 aliphatic rings. The fourth-order valence-corrected chi connectivity index (χ4v) is 5.42. The Bertz CT molecular complexity index is 1570. The van der Waals surface area contributed by atoms with E-state index in [1.165, 1.54) is 29.8 Å². The highest BCUT2D eigenvalue weighted by Gasteiger charge is 2.39. The zero-order valence-electron chi connectivity index (χ0n) is 27.0. The first-order valence-corrected chi connectivity index (χ1v) is 17.2. The molecule has 0 aliphatic carbocycles. The van der Waals surface area contributed by atoms with Gasteiger partial charge in [-0.2, -0.15) is 16.8 Å². The normalized spacial score (nSPS) is 14.7. The van der Waals surface area contributed by atoms with Crippen molar-refractivity contribution in [3.63, 3.8) is 0 Å². The Labute approximate surface area is 272 Å². The maximum absolute atomic E-state index is 12.4. The Morgan fingerprint density at radius 1 is 0.783 bits per heavy atom. The predicted octanol–water partition coefficient (Wildman–Crippen LogP) is 3.42. The lowest BCUT2D eigenvalue weighted by molar-refractivity contribution is -0.118. The summed E-state index contributed by atoms with van der Waals surface area (Å²) in [6.07, 6.45) is 6.53. The van der Waals surface area contributed by atoms with Crippen molar-refractivity contribution < 1.29 is 36.2 Å². The van der Waals surface area contributed by atoms with E-state index in [2.05, 4.69) is 34.8 Å². The first-order chi connectivity index (χ1) is 20.8. The molecular weight excluding hydrogens is 633 g/mol. The van der Waals surface area contributed by atoms with E-state index in [0.29, 0.717) is 6.54 Å². The summed E-state index contributed by atoms with van der Waals surface area (Å²) in [6, 6.07) is 16.0. The van der Waals surface area contributed by atoms with Gasteiger partial charge in [0.15, 0.2) is 0 Å². The van der Waals surface area contributed by atoms with Crippen molar-refractivity contribution in [2.75, 3.05) is 13.1 Å². The zero-order chi connectivity index (χ0) is 33.9. The Balaban J connectivity index is 0.000000385. The smallest absolute Gasteiger partial charge is 0.294 e. The molecule has 0 spiro atoms. The second-order valence-electron chi connectivity index (χ2n) is 11.7. The summed E-state index contributed by atoms with van der Waals surface area (Å²) < 4.78 is 59.1. The summed E-state index contributed by atoms with van der Waals surface area (Å²) >= 11 is 0. The van der Waals surface area contributed by atoms with E-state index >= 15 is 0 Å². The molecule has 0 saturated heterocycles. The molecule has 0 unspecified atom stereocenters. The number of aromatic nitrogens is 1. The number of aryl methyl sites for hydroxylation is 2. The zero-order valence-corrected chi connectivity index (χ0v) is 28.7. The van der Waals surface area contributed by atoms with Crippen molar-refractivity contribution in [2.24, 2.45) is 0 Å². The molecule has 14 heteroatoms. The Morgan fingerprint density at radius 2 is 1.24 bits per heavy atom. The molecular formula is C32H46N4O8S2. The monoisotopic (exact) mass is 678 g/mol. The molecule has 2 heterocycles. The minimum atomic E-state index is -4.02. The number of rotatable bonds is 9. The highest BCUT2D eigenvalue weighted by molar-refractivity contribution is 7.86. The van der Waals surface area contributed by atoms with Crippen LogP contribution in [0.25, 0.3) is 0 Å². The standard InChI is InChI=1S/C18H28N4O.2C7H8O3S.H2O/c1-17(2)12-15(18(3,4)22-17)16(23)21-9-5-8-20-13-14-6-10-19-11-7-14;2*1-6-2-4-7(5-3-6)11(8,9)10;/h6-7,10-12,20,22H,5,8-9,13H2,1-4H3,(H,21,23);2*2-5H,1H3,(H,8,9,10);1H2. The number of hydrogen-bond donors (Lipinski definition) is 5. The topological polar surface area (TPSA) is 206 Å². The third kappa shape index (κ3) is 14.3. The van der Waals surface area contributed by atoms with E-state index in [-0.39, 0.29) is 32.3 Å². The van der Waals surface area contributed by atoms with E-state index in [9.17, 15) is 21.6 Å². The molecule has 2 aromatic carbocycles. The second kappa shape index (κ2) is 17.4. The van der Waals surface area contributed by atoms with Crippen LogP contribution in [0, 0.1) is 13.8 Å². The highest BCUT2D eigenvalue weighted by atomic mass is 32.2. The quantitative estimate of drug-likeness (QED) is 0.165. The van der Waals surface area contributed by atoms with Crippen LogP contribution in [0.4, 0.5) is 0 Å². The summed E-state index contributed by atoms with van der Waals surface area (Å²) in [6.45, 7) is 14.3. The van der Waals surface area contributed by atoms with Crippen LogP contribution in [0.15, 0.2) is 94.5 Å². The molecule has 0 saturated carbocycles. The van der Waals surface area contributed by atoms with Gasteiger partial charge in [0, 0.05) is 42.1 Å². The number of nitrogens with one attached hydrogen (secondary N) is 3. The van der Waals surface area contributed by atoms with Gasteiger partial charge in [-0.05, 0) is 96.5 Å². The van der Waals surface area contributed by atoms with Crippen LogP contribution in [0.1, 0.15) is 50.8 Å². The third-order valence-electron chi connectivity index (χ3n) is 6.59. The molecule has 46 heavy (non-hydrogen) atoms. The second-order valence-corrected chi connectivity index (χ2v) is 14.6. The Morgan fingerprint density at radius 3 is 1.63 bits per heavy atom. The van der Waals surface area contributed by atoms with Crippen LogP contribution in [-0.2, 0) is 31.6 Å². The summed E-state index contributed by atoms with van der Waals surface area (Å²) in [5.41, 5.74) is 3.53. The van der Waals surface area contributed by atoms with Crippen molar-refractivity contribution in [2.45, 2.75) is 75.4 Å². The van der Waals surface area contributed by atoms with Crippen molar-refractivity contribution in [1.82, 2.24) is 20.9 Å². The summed E-state index contributed by atoms with van der Waals surface area (Å²) in [5.74, 6) is 0.0298. The van der Waals surface area contributed by atoms with E-state index in [1.54, 1.807) is 36.7 Å². The molecule has 0 fully saturated rings. The number of hydrogen-bond acceptors (Lipinski definition) is 8. The van der Waals surface area contributed by atoms with E-state index in [0.717, 1.165) is 36.2 Å². The molecule has 1 amide bonds. The van der Waals surface area contributed by atoms with Gasteiger partial charge in [-0.3, -0.25) is 24.2 Å². The van der Waals surface area contributed by atoms with Crippen molar-refractivity contribution in [3.05, 3.63) is 101 Å². The number of carbonyl (C=O) groups is 1. The average Bonchev–Trinajstić information content (AvgIpc) is 3.18. The molecule has 7 N–H and O–H groups in total. The Hall–Kier alpha value is -3.50. The van der Waals surface area contributed by atoms with Crippen LogP contribution in [0.3, 0.4) is 0 Å². The van der Waals surface area contributed by atoms with E-state index < -0.39 is 20.2 Å². The highest BCUT2D eigenvalue weighted by Crippen LogP contribution is 2.29. The van der Waals surface area contributed by atoms with Gasteiger partial charge in [0.1, 0.15) is 0 Å². The maximum Gasteiger partial charge on any atom is 0.294 e. The molecule has 1 aromatic heterocycles. The fraction of sp³-hybridized carbons (Fsp3) is 0.375. The molecule has 0 radical (unpaired) electrons. The number of nitrogens with zero attached hydrogens (tertiary/aromatic N) is 1. The summed E-state index contributed by atoms with van der Waals surface area (Å²) in [5, 5.41) is 9.85. The van der Waals surface area contributed by atoms with Gasteiger partial charge in [-0.25, -0.2) is 0 Å². The lowest BCUT2D eigenvalue weighted by Crippen LogP contribution is -2.47. The molecule has 0 atom stereocenters. The third-order valence-corrected chi connectivity index (χ3v) is 8.33.